The van der Waals surface area contributed by atoms with Crippen LogP contribution in [0.4, 0.5) is 10.1 Å². The molecule has 4 aromatic rings. The summed E-state index contributed by atoms with van der Waals surface area (Å²) in [5.41, 5.74) is 1.57. The molecule has 1 fully saturated rings. The molecule has 1 aliphatic carbocycles. The first-order valence-electron chi connectivity index (χ1n) is 12.5. The smallest absolute Gasteiger partial charge is 0.245 e. The van der Waals surface area contributed by atoms with E-state index in [1.807, 2.05) is 0 Å². The fraction of sp³-hybridized carbons (Fsp3) is 0.241. The second-order valence-corrected chi connectivity index (χ2v) is 9.98. The molecule has 0 saturated heterocycles. The van der Waals surface area contributed by atoms with E-state index < -0.39 is 23.7 Å². The Morgan fingerprint density at radius 3 is 2.46 bits per heavy atom. The molecule has 200 valence electrons. The van der Waals surface area contributed by atoms with Crippen LogP contribution >= 0.6 is 11.6 Å². The van der Waals surface area contributed by atoms with Gasteiger partial charge in [-0.15, -0.1) is 0 Å². The van der Waals surface area contributed by atoms with Crippen LogP contribution < -0.4 is 5.32 Å². The van der Waals surface area contributed by atoms with Crippen LogP contribution in [0.2, 0.25) is 5.02 Å². The maximum absolute atomic E-state index is 15.4. The van der Waals surface area contributed by atoms with Gasteiger partial charge in [-0.1, -0.05) is 60.1 Å². The van der Waals surface area contributed by atoms with Gasteiger partial charge in [0.05, 0.1) is 17.3 Å². The second-order valence-electron chi connectivity index (χ2n) is 9.58. The van der Waals surface area contributed by atoms with E-state index in [4.69, 9.17) is 11.6 Å². The molecule has 3 aromatic carbocycles. The first-order valence-corrected chi connectivity index (χ1v) is 12.9. The van der Waals surface area contributed by atoms with Gasteiger partial charge in [-0.05, 0) is 31.0 Å². The van der Waals surface area contributed by atoms with Crippen LogP contribution in [0.3, 0.4) is 0 Å². The molecule has 2 amide bonds. The summed E-state index contributed by atoms with van der Waals surface area (Å²) in [7, 11) is 0. The molecule has 10 heteroatoms. The van der Waals surface area contributed by atoms with E-state index in [9.17, 15) is 19.5 Å². The number of carbonyl (C=O) groups is 3. The number of aromatic nitrogens is 2. The lowest BCUT2D eigenvalue weighted by Gasteiger charge is -2.40. The Hall–Kier alpha value is -4.08. The molecule has 1 aliphatic rings. The van der Waals surface area contributed by atoms with E-state index >= 15 is 4.39 Å². The maximum atomic E-state index is 15.4. The number of amides is 2. The number of fused-ring (bicyclic) bond motifs is 1. The third kappa shape index (κ3) is 5.41. The predicted octanol–water partition coefficient (Wildman–Crippen LogP) is 4.69. The third-order valence-electron chi connectivity index (χ3n) is 6.88. The molecular formula is C29H26ClFN4O4. The molecular weight excluding hydrogens is 523 g/mol. The van der Waals surface area contributed by atoms with E-state index in [0.29, 0.717) is 34.3 Å². The van der Waals surface area contributed by atoms with Crippen LogP contribution in [0.5, 0.6) is 0 Å². The number of nitrogens with one attached hydrogen (secondary N) is 1. The number of Topliss-reactive ketones (excluding diaryl/α,β-unsaturated/α-hetero) is 1. The number of hydrogen-bond donors (Lipinski definition) is 2. The van der Waals surface area contributed by atoms with Crippen LogP contribution in [0.1, 0.15) is 30.3 Å². The molecule has 0 atom stereocenters. The zero-order chi connectivity index (χ0) is 27.7. The number of aliphatic hydroxyl groups excluding tert-OH is 1. The summed E-state index contributed by atoms with van der Waals surface area (Å²) in [4.78, 5) is 39.9. The molecule has 1 saturated carbocycles. The van der Waals surface area contributed by atoms with Gasteiger partial charge in [0.15, 0.2) is 11.6 Å². The molecule has 0 radical (unpaired) electrons. The highest BCUT2D eigenvalue weighted by atomic mass is 35.5. The Labute approximate surface area is 229 Å². The quantitative estimate of drug-likeness (QED) is 0.311. The third-order valence-corrected chi connectivity index (χ3v) is 7.21. The topological polar surface area (TPSA) is 105 Å². The van der Waals surface area contributed by atoms with Crippen molar-refractivity contribution in [2.24, 2.45) is 0 Å². The van der Waals surface area contributed by atoms with Crippen molar-refractivity contribution >= 4 is 45.8 Å². The molecule has 2 N–H and O–H groups in total. The van der Waals surface area contributed by atoms with Crippen LogP contribution in [0.25, 0.3) is 22.0 Å². The first kappa shape index (κ1) is 26.5. The molecule has 0 unspecified atom stereocenters. The summed E-state index contributed by atoms with van der Waals surface area (Å²) < 4.78 is 16.8. The van der Waals surface area contributed by atoms with Gasteiger partial charge in [0.2, 0.25) is 11.8 Å². The Kier molecular flexibility index (Phi) is 7.45. The van der Waals surface area contributed by atoms with E-state index in [0.717, 1.165) is 0 Å². The van der Waals surface area contributed by atoms with Gasteiger partial charge in [0, 0.05) is 34.5 Å². The molecule has 0 bridgehead atoms. The van der Waals surface area contributed by atoms with Crippen molar-refractivity contribution in [2.75, 3.05) is 11.9 Å². The van der Waals surface area contributed by atoms with Crippen molar-refractivity contribution in [1.29, 1.82) is 0 Å². The van der Waals surface area contributed by atoms with Gasteiger partial charge < -0.3 is 15.3 Å². The Bertz CT molecular complexity index is 1580. The Morgan fingerprint density at radius 2 is 1.74 bits per heavy atom. The summed E-state index contributed by atoms with van der Waals surface area (Å²) in [6, 6.07) is 18.2. The average molecular weight is 549 g/mol. The summed E-state index contributed by atoms with van der Waals surface area (Å²) in [5, 5.41) is 17.8. The van der Waals surface area contributed by atoms with E-state index in [-0.39, 0.29) is 41.9 Å². The number of halogens is 2. The average Bonchev–Trinajstić information content (AvgIpc) is 3.26. The number of anilines is 1. The molecule has 0 aliphatic heterocycles. The zero-order valence-electron chi connectivity index (χ0n) is 21.1. The monoisotopic (exact) mass is 548 g/mol. The fourth-order valence-corrected chi connectivity index (χ4v) is 5.06. The molecule has 1 heterocycles. The number of benzene rings is 3. The van der Waals surface area contributed by atoms with Crippen molar-refractivity contribution in [3.63, 3.8) is 0 Å². The van der Waals surface area contributed by atoms with E-state index in [2.05, 4.69) is 10.4 Å². The van der Waals surface area contributed by atoms with Crippen molar-refractivity contribution in [1.82, 2.24) is 14.7 Å². The Morgan fingerprint density at radius 1 is 1.05 bits per heavy atom. The number of ketones is 1. The molecule has 39 heavy (non-hydrogen) atoms. The van der Waals surface area contributed by atoms with Gasteiger partial charge in [0.25, 0.3) is 0 Å². The van der Waals surface area contributed by atoms with Gasteiger partial charge in [-0.2, -0.15) is 5.10 Å². The maximum Gasteiger partial charge on any atom is 0.245 e. The number of rotatable bonds is 8. The Balaban J connectivity index is 1.36. The van der Waals surface area contributed by atoms with Crippen molar-refractivity contribution < 1.29 is 23.9 Å². The SMILES string of the molecule is CC(=O)c1nn(CC(=O)N(CC(=O)Nc2cccc(-c3ccccc3Cl)c2F)C2CC(O)C2)c2ccccc12. The highest BCUT2D eigenvalue weighted by Crippen LogP contribution is 2.33. The summed E-state index contributed by atoms with van der Waals surface area (Å²) >= 11 is 6.24. The zero-order valence-corrected chi connectivity index (χ0v) is 21.9. The minimum absolute atomic E-state index is 0.0392. The van der Waals surface area contributed by atoms with Crippen molar-refractivity contribution in [2.45, 2.75) is 38.5 Å². The summed E-state index contributed by atoms with van der Waals surface area (Å²) in [6.07, 6.45) is 0.0925. The van der Waals surface area contributed by atoms with Crippen molar-refractivity contribution in [3.8, 4) is 11.1 Å². The number of para-hydroxylation sites is 1. The van der Waals surface area contributed by atoms with Gasteiger partial charge in [0.1, 0.15) is 18.8 Å². The minimum atomic E-state index is -0.643. The van der Waals surface area contributed by atoms with Gasteiger partial charge in [-0.25, -0.2) is 4.39 Å². The number of nitrogens with zero attached hydrogens (tertiary/aromatic N) is 3. The lowest BCUT2D eigenvalue weighted by molar-refractivity contribution is -0.142. The van der Waals surface area contributed by atoms with E-state index in [1.165, 1.54) is 22.6 Å². The lowest BCUT2D eigenvalue weighted by atomic mass is 9.88. The molecule has 1 aromatic heterocycles. The van der Waals surface area contributed by atoms with Crippen molar-refractivity contribution in [3.05, 3.63) is 83.3 Å². The summed E-state index contributed by atoms with van der Waals surface area (Å²) in [5.74, 6) is -1.86. The second kappa shape index (κ2) is 11.0. The van der Waals surface area contributed by atoms with Gasteiger partial charge >= 0.3 is 0 Å². The van der Waals surface area contributed by atoms with Crippen LogP contribution in [-0.4, -0.2) is 56.1 Å². The van der Waals surface area contributed by atoms with Crippen LogP contribution in [0, 0.1) is 5.82 Å². The predicted molar refractivity (Wildman–Crippen MR) is 146 cm³/mol. The number of aliphatic hydroxyl groups is 1. The normalized spacial score (nSPS) is 16.5. The fourth-order valence-electron chi connectivity index (χ4n) is 4.82. The standard InChI is InChI=1S/C29H26ClFN4O4/c1-17(36)29-22-8-3-5-12-25(22)35(33-29)16-27(39)34(18-13-19(37)14-18)15-26(38)32-24-11-6-9-21(28(24)31)20-7-2-4-10-23(20)30/h2-12,18-19,37H,13-16H2,1H3,(H,32,38). The van der Waals surface area contributed by atoms with Crippen LogP contribution in [0.15, 0.2) is 66.7 Å². The highest BCUT2D eigenvalue weighted by Gasteiger charge is 2.36. The number of carbonyl (C=O) groups excluding carboxylic acids is 3. The molecule has 8 nitrogen and oxygen atoms in total. The van der Waals surface area contributed by atoms with E-state index in [1.54, 1.807) is 60.7 Å². The largest absolute Gasteiger partial charge is 0.393 e. The number of hydrogen-bond acceptors (Lipinski definition) is 5. The first-order chi connectivity index (χ1) is 18.7. The van der Waals surface area contributed by atoms with Crippen LogP contribution in [-0.2, 0) is 16.1 Å². The lowest BCUT2D eigenvalue weighted by Crippen LogP contribution is -2.53. The minimum Gasteiger partial charge on any atom is -0.393 e. The molecule has 0 spiro atoms. The molecule has 5 rings (SSSR count). The summed E-state index contributed by atoms with van der Waals surface area (Å²) in [6.45, 7) is 0.863. The van der Waals surface area contributed by atoms with Gasteiger partial charge in [-0.3, -0.25) is 19.1 Å². The highest BCUT2D eigenvalue weighted by molar-refractivity contribution is 6.33.